The van der Waals surface area contributed by atoms with Gasteiger partial charge in [-0.3, -0.25) is 5.41 Å². The molecule has 90 valence electrons. The molecule has 0 amide bonds. The van der Waals surface area contributed by atoms with E-state index in [4.69, 9.17) is 5.41 Å². The molecule has 2 aromatic rings. The van der Waals surface area contributed by atoms with Gasteiger partial charge in [0.1, 0.15) is 11.7 Å². The minimum absolute atomic E-state index is 0.287. The Morgan fingerprint density at radius 2 is 2.00 bits per heavy atom. The van der Waals surface area contributed by atoms with Crippen LogP contribution in [0.25, 0.3) is 0 Å². The zero-order valence-electron chi connectivity index (χ0n) is 10.1. The summed E-state index contributed by atoms with van der Waals surface area (Å²) < 4.78 is 13.2. The normalized spacial score (nSPS) is 13.9. The Morgan fingerprint density at radius 3 is 2.78 bits per heavy atom. The number of nitrogens with one attached hydrogen (secondary N) is 1. The van der Waals surface area contributed by atoms with Crippen molar-refractivity contribution in [1.29, 1.82) is 5.41 Å². The van der Waals surface area contributed by atoms with E-state index in [1.165, 1.54) is 12.1 Å². The summed E-state index contributed by atoms with van der Waals surface area (Å²) >= 11 is 0. The summed E-state index contributed by atoms with van der Waals surface area (Å²) in [6, 6.07) is 12.7. The van der Waals surface area contributed by atoms with Gasteiger partial charge in [-0.25, -0.2) is 4.39 Å². The van der Waals surface area contributed by atoms with Crippen LogP contribution in [-0.2, 0) is 6.54 Å². The number of hydrogen-bond acceptors (Lipinski definition) is 1. The second-order valence-electron chi connectivity index (χ2n) is 4.58. The third-order valence-corrected chi connectivity index (χ3v) is 3.24. The lowest BCUT2D eigenvalue weighted by molar-refractivity contribution is 0.627. The van der Waals surface area contributed by atoms with Crippen molar-refractivity contribution in [2.45, 2.75) is 13.5 Å². The molecule has 3 heteroatoms. The van der Waals surface area contributed by atoms with Crippen LogP contribution in [-0.4, -0.2) is 5.84 Å². The molecule has 1 aliphatic heterocycles. The molecule has 3 rings (SSSR count). The Bertz CT molecular complexity index is 634. The topological polar surface area (TPSA) is 27.1 Å². The maximum Gasteiger partial charge on any atom is 0.133 e. The standard InChI is InChI=1S/C15H13FN2/c1-10-3-2-4-13(7-10)18-9-11-5-6-12(16)8-14(11)15(18)17/h2-8,17H,9H2,1H3. The molecule has 0 fully saturated rings. The summed E-state index contributed by atoms with van der Waals surface area (Å²) in [7, 11) is 0. The highest BCUT2D eigenvalue weighted by atomic mass is 19.1. The number of fused-ring (bicyclic) bond motifs is 1. The van der Waals surface area contributed by atoms with Crippen molar-refractivity contribution in [3.8, 4) is 0 Å². The van der Waals surface area contributed by atoms with Crippen LogP contribution in [0.15, 0.2) is 42.5 Å². The first kappa shape index (κ1) is 11.0. The monoisotopic (exact) mass is 240 g/mol. The molecule has 0 spiro atoms. The molecule has 1 N–H and O–H groups in total. The fraction of sp³-hybridized carbons (Fsp3) is 0.133. The fourth-order valence-corrected chi connectivity index (χ4v) is 2.32. The van der Waals surface area contributed by atoms with Crippen LogP contribution in [0.3, 0.4) is 0 Å². The SMILES string of the molecule is Cc1cccc(N2Cc3ccc(F)cc3C2=N)c1. The van der Waals surface area contributed by atoms with Gasteiger partial charge in [0.15, 0.2) is 0 Å². The van der Waals surface area contributed by atoms with Crippen molar-refractivity contribution in [3.05, 3.63) is 65.0 Å². The first-order chi connectivity index (χ1) is 8.65. The Morgan fingerprint density at radius 1 is 1.17 bits per heavy atom. The van der Waals surface area contributed by atoms with E-state index in [9.17, 15) is 4.39 Å². The minimum Gasteiger partial charge on any atom is -0.322 e. The van der Waals surface area contributed by atoms with Crippen LogP contribution >= 0.6 is 0 Å². The molecule has 1 heterocycles. The van der Waals surface area contributed by atoms with Gasteiger partial charge in [-0.2, -0.15) is 0 Å². The quantitative estimate of drug-likeness (QED) is 0.811. The molecule has 0 aromatic heterocycles. The first-order valence-corrected chi connectivity index (χ1v) is 5.87. The van der Waals surface area contributed by atoms with E-state index in [1.807, 2.05) is 36.1 Å². The van der Waals surface area contributed by atoms with Gasteiger partial charge in [0.05, 0.1) is 6.54 Å². The summed E-state index contributed by atoms with van der Waals surface area (Å²) in [6.07, 6.45) is 0. The van der Waals surface area contributed by atoms with Gasteiger partial charge in [-0.05, 0) is 42.3 Å². The van der Waals surface area contributed by atoms with Gasteiger partial charge >= 0.3 is 0 Å². The average molecular weight is 240 g/mol. The number of amidine groups is 1. The van der Waals surface area contributed by atoms with Crippen LogP contribution in [0, 0.1) is 18.2 Å². The van der Waals surface area contributed by atoms with Crippen LogP contribution in [0.1, 0.15) is 16.7 Å². The predicted molar refractivity (Wildman–Crippen MR) is 70.6 cm³/mol. The van der Waals surface area contributed by atoms with E-state index >= 15 is 0 Å². The lowest BCUT2D eigenvalue weighted by Crippen LogP contribution is -2.23. The van der Waals surface area contributed by atoms with E-state index in [1.54, 1.807) is 6.07 Å². The number of nitrogens with zero attached hydrogens (tertiary/aromatic N) is 1. The smallest absolute Gasteiger partial charge is 0.133 e. The van der Waals surface area contributed by atoms with Crippen LogP contribution < -0.4 is 4.90 Å². The number of rotatable bonds is 1. The van der Waals surface area contributed by atoms with Gasteiger partial charge in [-0.15, -0.1) is 0 Å². The Labute approximate surface area is 105 Å². The zero-order valence-corrected chi connectivity index (χ0v) is 10.1. The molecule has 2 aromatic carbocycles. The minimum atomic E-state index is -0.287. The van der Waals surface area contributed by atoms with E-state index < -0.39 is 0 Å². The van der Waals surface area contributed by atoms with Crippen molar-refractivity contribution in [2.75, 3.05) is 4.90 Å². The molecule has 2 nitrogen and oxygen atoms in total. The second-order valence-corrected chi connectivity index (χ2v) is 4.58. The highest BCUT2D eigenvalue weighted by molar-refractivity contribution is 6.11. The highest BCUT2D eigenvalue weighted by Gasteiger charge is 2.25. The van der Waals surface area contributed by atoms with Crippen molar-refractivity contribution in [3.63, 3.8) is 0 Å². The lowest BCUT2D eigenvalue weighted by atomic mass is 10.1. The van der Waals surface area contributed by atoms with Gasteiger partial charge < -0.3 is 4.90 Å². The lowest BCUT2D eigenvalue weighted by Gasteiger charge is -2.18. The molecule has 0 saturated heterocycles. The molecule has 0 unspecified atom stereocenters. The van der Waals surface area contributed by atoms with Crippen molar-refractivity contribution < 1.29 is 4.39 Å². The van der Waals surface area contributed by atoms with Crippen LogP contribution in [0.5, 0.6) is 0 Å². The summed E-state index contributed by atoms with van der Waals surface area (Å²) in [4.78, 5) is 1.90. The molecule has 0 bridgehead atoms. The second kappa shape index (κ2) is 3.95. The Hall–Kier alpha value is -2.16. The third-order valence-electron chi connectivity index (χ3n) is 3.24. The molecule has 0 aliphatic carbocycles. The maximum atomic E-state index is 13.2. The van der Waals surface area contributed by atoms with Crippen molar-refractivity contribution >= 4 is 11.5 Å². The molecular weight excluding hydrogens is 227 g/mol. The van der Waals surface area contributed by atoms with E-state index in [0.717, 1.165) is 16.8 Å². The summed E-state index contributed by atoms with van der Waals surface area (Å²) in [5.41, 5.74) is 3.83. The fourth-order valence-electron chi connectivity index (χ4n) is 2.32. The van der Waals surface area contributed by atoms with E-state index in [-0.39, 0.29) is 5.82 Å². The largest absolute Gasteiger partial charge is 0.322 e. The number of benzene rings is 2. The number of aryl methyl sites for hydroxylation is 1. The molecule has 18 heavy (non-hydrogen) atoms. The average Bonchev–Trinajstić information content (AvgIpc) is 2.67. The van der Waals surface area contributed by atoms with E-state index in [2.05, 4.69) is 0 Å². The van der Waals surface area contributed by atoms with E-state index in [0.29, 0.717) is 17.9 Å². The molecule has 0 atom stereocenters. The summed E-state index contributed by atoms with van der Waals surface area (Å²) in [5.74, 6) is 0.0830. The van der Waals surface area contributed by atoms with Gasteiger partial charge in [0, 0.05) is 11.3 Å². The molecular formula is C15H13FN2. The van der Waals surface area contributed by atoms with Gasteiger partial charge in [0.25, 0.3) is 0 Å². The highest BCUT2D eigenvalue weighted by Crippen LogP contribution is 2.28. The Balaban J connectivity index is 2.02. The van der Waals surface area contributed by atoms with Crippen LogP contribution in [0.2, 0.25) is 0 Å². The van der Waals surface area contributed by atoms with Crippen molar-refractivity contribution in [2.24, 2.45) is 0 Å². The number of hydrogen-bond donors (Lipinski definition) is 1. The summed E-state index contributed by atoms with van der Waals surface area (Å²) in [5, 5.41) is 8.15. The Kier molecular flexibility index (Phi) is 2.40. The predicted octanol–water partition coefficient (Wildman–Crippen LogP) is 3.48. The number of halogens is 1. The molecule has 0 radical (unpaired) electrons. The van der Waals surface area contributed by atoms with Crippen molar-refractivity contribution in [1.82, 2.24) is 0 Å². The first-order valence-electron chi connectivity index (χ1n) is 5.87. The molecule has 0 saturated carbocycles. The maximum absolute atomic E-state index is 13.2. The number of anilines is 1. The molecule has 1 aliphatic rings. The summed E-state index contributed by atoms with van der Waals surface area (Å²) in [6.45, 7) is 2.66. The van der Waals surface area contributed by atoms with Gasteiger partial charge in [-0.1, -0.05) is 18.2 Å². The van der Waals surface area contributed by atoms with Gasteiger partial charge in [0.2, 0.25) is 0 Å². The van der Waals surface area contributed by atoms with Crippen LogP contribution in [0.4, 0.5) is 10.1 Å². The third kappa shape index (κ3) is 1.68. The zero-order chi connectivity index (χ0) is 12.7.